The van der Waals surface area contributed by atoms with Crippen molar-refractivity contribution >= 4 is 11.6 Å². The van der Waals surface area contributed by atoms with Gasteiger partial charge in [-0.3, -0.25) is 0 Å². The maximum absolute atomic E-state index is 13.2. The first kappa shape index (κ1) is 23.1. The van der Waals surface area contributed by atoms with E-state index in [1.165, 1.54) is 29.7 Å². The number of halogens is 6. The fraction of sp³-hybridized carbons (Fsp3) is 0.524. The molecule has 0 spiro atoms. The van der Waals surface area contributed by atoms with Gasteiger partial charge in [-0.1, -0.05) is 31.4 Å². The van der Waals surface area contributed by atoms with E-state index in [9.17, 15) is 26.3 Å². The van der Waals surface area contributed by atoms with Crippen LogP contribution in [0.5, 0.6) is 5.88 Å². The predicted octanol–water partition coefficient (Wildman–Crippen LogP) is 6.64. The van der Waals surface area contributed by atoms with Gasteiger partial charge >= 0.3 is 12.4 Å². The Balaban J connectivity index is 1.88. The Labute approximate surface area is 176 Å². The van der Waals surface area contributed by atoms with Crippen LogP contribution >= 0.6 is 0 Å². The van der Waals surface area contributed by atoms with E-state index in [4.69, 9.17) is 0 Å². The first-order valence-electron chi connectivity index (χ1n) is 10.1. The molecule has 2 aromatic rings. The van der Waals surface area contributed by atoms with E-state index >= 15 is 0 Å². The Bertz CT molecular complexity index is 861. The normalized spacial score (nSPS) is 15.7. The van der Waals surface area contributed by atoms with E-state index in [-0.39, 0.29) is 5.95 Å². The van der Waals surface area contributed by atoms with Crippen LogP contribution in [0.15, 0.2) is 30.5 Å². The smallest absolute Gasteiger partial charge is 0.423 e. The summed E-state index contributed by atoms with van der Waals surface area (Å²) in [6.45, 7) is 0.161. The molecule has 1 aromatic carbocycles. The zero-order chi connectivity index (χ0) is 22.6. The molecule has 3 rings (SSSR count). The Morgan fingerprint density at radius 2 is 1.65 bits per heavy atom. The molecule has 1 heterocycles. The van der Waals surface area contributed by atoms with Crippen molar-refractivity contribution < 1.29 is 31.1 Å². The van der Waals surface area contributed by atoms with Crippen molar-refractivity contribution in [3.63, 3.8) is 0 Å². The largest absolute Gasteiger partial charge is 0.467 e. The highest BCUT2D eigenvalue weighted by molar-refractivity contribution is 5.58. The average Bonchev–Trinajstić information content (AvgIpc) is 2.73. The summed E-state index contributed by atoms with van der Waals surface area (Å²) in [6, 6.07) is 7.59. The summed E-state index contributed by atoms with van der Waals surface area (Å²) in [5.74, 6) is -0.826. The molecular weight excluding hydrogens is 424 g/mol. The molecule has 1 aliphatic rings. The zero-order valence-corrected chi connectivity index (χ0v) is 16.9. The maximum Gasteiger partial charge on any atom is 0.423 e. The molecule has 0 saturated heterocycles. The molecule has 0 unspecified atom stereocenters. The number of hydrogen-bond acceptors (Lipinski definition) is 4. The van der Waals surface area contributed by atoms with Crippen LogP contribution in [0.4, 0.5) is 38.0 Å². The van der Waals surface area contributed by atoms with Gasteiger partial charge in [0.2, 0.25) is 11.8 Å². The number of aromatic nitrogens is 2. The number of benzene rings is 1. The summed E-state index contributed by atoms with van der Waals surface area (Å²) in [6.07, 6.45) is -3.43. The van der Waals surface area contributed by atoms with Crippen molar-refractivity contribution in [2.24, 2.45) is 0 Å². The number of ether oxygens (including phenoxy) is 1. The molecule has 0 bridgehead atoms. The van der Waals surface area contributed by atoms with Crippen molar-refractivity contribution in [2.75, 3.05) is 18.1 Å². The molecular formula is C21H23F6N3O. The SMILES string of the molecule is CCN(c1ccc(C2CCCCC2)cc1)c1ncc(C(F)(F)F)c(OCC(F)(F)F)n1. The van der Waals surface area contributed by atoms with Gasteiger partial charge in [-0.2, -0.15) is 31.3 Å². The van der Waals surface area contributed by atoms with E-state index < -0.39 is 30.4 Å². The molecule has 1 saturated carbocycles. The van der Waals surface area contributed by atoms with Crippen molar-refractivity contribution in [1.82, 2.24) is 9.97 Å². The van der Waals surface area contributed by atoms with Gasteiger partial charge in [0.15, 0.2) is 6.61 Å². The third-order valence-electron chi connectivity index (χ3n) is 5.26. The lowest BCUT2D eigenvalue weighted by atomic mass is 9.84. The van der Waals surface area contributed by atoms with Gasteiger partial charge < -0.3 is 9.64 Å². The van der Waals surface area contributed by atoms with Gasteiger partial charge in [0.25, 0.3) is 0 Å². The van der Waals surface area contributed by atoms with Gasteiger partial charge in [-0.15, -0.1) is 0 Å². The summed E-state index contributed by atoms with van der Waals surface area (Å²) in [5.41, 5.74) is 0.370. The monoisotopic (exact) mass is 447 g/mol. The van der Waals surface area contributed by atoms with Crippen LogP contribution in [-0.2, 0) is 6.18 Å². The second-order valence-electron chi connectivity index (χ2n) is 7.46. The lowest BCUT2D eigenvalue weighted by Gasteiger charge is -2.25. The minimum absolute atomic E-state index is 0.168. The minimum atomic E-state index is -4.95. The van der Waals surface area contributed by atoms with Gasteiger partial charge in [0.1, 0.15) is 5.56 Å². The number of anilines is 2. The molecule has 10 heteroatoms. The van der Waals surface area contributed by atoms with Gasteiger partial charge in [-0.25, -0.2) is 4.98 Å². The Morgan fingerprint density at radius 1 is 1.00 bits per heavy atom. The predicted molar refractivity (Wildman–Crippen MR) is 104 cm³/mol. The van der Waals surface area contributed by atoms with Gasteiger partial charge in [-0.05, 0) is 43.4 Å². The Morgan fingerprint density at radius 3 is 2.19 bits per heavy atom. The van der Waals surface area contributed by atoms with Crippen LogP contribution in [0, 0.1) is 0 Å². The van der Waals surface area contributed by atoms with Gasteiger partial charge in [0, 0.05) is 18.4 Å². The first-order chi connectivity index (χ1) is 14.6. The Hall–Kier alpha value is -2.52. The molecule has 0 aliphatic heterocycles. The molecule has 1 fully saturated rings. The molecule has 0 radical (unpaired) electrons. The minimum Gasteiger partial charge on any atom is -0.467 e. The fourth-order valence-corrected chi connectivity index (χ4v) is 3.74. The summed E-state index contributed by atoms with van der Waals surface area (Å²) >= 11 is 0. The highest BCUT2D eigenvalue weighted by Gasteiger charge is 2.38. The second-order valence-corrected chi connectivity index (χ2v) is 7.46. The van der Waals surface area contributed by atoms with Crippen molar-refractivity contribution in [1.29, 1.82) is 0 Å². The maximum atomic E-state index is 13.2. The molecule has 1 aliphatic carbocycles. The molecule has 170 valence electrons. The molecule has 0 amide bonds. The lowest BCUT2D eigenvalue weighted by molar-refractivity contribution is -0.159. The second kappa shape index (κ2) is 9.32. The third kappa shape index (κ3) is 6.01. The van der Waals surface area contributed by atoms with Crippen LogP contribution in [0.3, 0.4) is 0 Å². The van der Waals surface area contributed by atoms with E-state index in [1.807, 2.05) is 24.3 Å². The van der Waals surface area contributed by atoms with E-state index in [0.29, 0.717) is 24.3 Å². The van der Waals surface area contributed by atoms with E-state index in [2.05, 4.69) is 14.7 Å². The summed E-state index contributed by atoms with van der Waals surface area (Å²) in [7, 11) is 0. The molecule has 31 heavy (non-hydrogen) atoms. The molecule has 1 aromatic heterocycles. The number of hydrogen-bond donors (Lipinski definition) is 0. The van der Waals surface area contributed by atoms with Crippen molar-refractivity contribution in [3.8, 4) is 5.88 Å². The van der Waals surface area contributed by atoms with Crippen LogP contribution in [0.1, 0.15) is 56.1 Å². The number of alkyl halides is 6. The summed E-state index contributed by atoms with van der Waals surface area (Å²) < 4.78 is 81.4. The first-order valence-corrected chi connectivity index (χ1v) is 10.1. The van der Waals surface area contributed by atoms with E-state index in [0.717, 1.165) is 12.8 Å². The summed E-state index contributed by atoms with van der Waals surface area (Å²) in [4.78, 5) is 8.94. The summed E-state index contributed by atoms with van der Waals surface area (Å²) in [5, 5.41) is 0. The van der Waals surface area contributed by atoms with Crippen LogP contribution in [0.25, 0.3) is 0 Å². The fourth-order valence-electron chi connectivity index (χ4n) is 3.74. The lowest BCUT2D eigenvalue weighted by Crippen LogP contribution is -2.24. The molecule has 4 nitrogen and oxygen atoms in total. The average molecular weight is 447 g/mol. The zero-order valence-electron chi connectivity index (χ0n) is 16.9. The number of nitrogens with zero attached hydrogens (tertiary/aromatic N) is 3. The third-order valence-corrected chi connectivity index (χ3v) is 5.26. The topological polar surface area (TPSA) is 38.2 Å². The standard InChI is InChI=1S/C21H23F6N3O/c1-2-30(16-10-8-15(9-11-16)14-6-4-3-5-7-14)19-28-12-17(21(25,26)27)18(29-19)31-13-20(22,23)24/h8-12,14H,2-7,13H2,1H3. The van der Waals surface area contributed by atoms with Crippen LogP contribution < -0.4 is 9.64 Å². The van der Waals surface area contributed by atoms with Crippen molar-refractivity contribution in [2.45, 2.75) is 57.3 Å². The Kier molecular flexibility index (Phi) is 6.96. The van der Waals surface area contributed by atoms with Crippen LogP contribution in [0.2, 0.25) is 0 Å². The van der Waals surface area contributed by atoms with Crippen LogP contribution in [-0.4, -0.2) is 29.3 Å². The highest BCUT2D eigenvalue weighted by Crippen LogP contribution is 2.37. The quantitative estimate of drug-likeness (QED) is 0.465. The molecule has 0 N–H and O–H groups in total. The van der Waals surface area contributed by atoms with Gasteiger partial charge in [0.05, 0.1) is 0 Å². The molecule has 0 atom stereocenters. The van der Waals surface area contributed by atoms with Crippen molar-refractivity contribution in [3.05, 3.63) is 41.6 Å². The highest BCUT2D eigenvalue weighted by atomic mass is 19.4. The van der Waals surface area contributed by atoms with E-state index in [1.54, 1.807) is 6.92 Å². The number of rotatable bonds is 6.